The number of carbonyl (C=O) groups excluding carboxylic acids is 1. The molecule has 4 nitrogen and oxygen atoms in total. The highest BCUT2D eigenvalue weighted by Crippen LogP contribution is 2.35. The van der Waals surface area contributed by atoms with E-state index >= 15 is 0 Å². The number of urea groups is 1. The van der Waals surface area contributed by atoms with Crippen LogP contribution < -0.4 is 5.32 Å². The molecule has 0 saturated carbocycles. The zero-order chi connectivity index (χ0) is 14.5. The summed E-state index contributed by atoms with van der Waals surface area (Å²) in [6.07, 6.45) is 0.862. The Labute approximate surface area is 118 Å². The van der Waals surface area contributed by atoms with Gasteiger partial charge in [0, 0.05) is 20.2 Å². The average Bonchev–Trinajstić information content (AvgIpc) is 2.81. The summed E-state index contributed by atoms with van der Waals surface area (Å²) in [6.45, 7) is 3.77. The van der Waals surface area contributed by atoms with E-state index in [0.29, 0.717) is 25.6 Å². The quantitative estimate of drug-likeness (QED) is 0.861. The lowest BCUT2D eigenvalue weighted by Gasteiger charge is -2.25. The van der Waals surface area contributed by atoms with Crippen molar-refractivity contribution in [1.82, 2.24) is 10.2 Å². The van der Waals surface area contributed by atoms with Crippen molar-refractivity contribution in [2.45, 2.75) is 19.4 Å². The van der Waals surface area contributed by atoms with Gasteiger partial charge in [0.25, 0.3) is 0 Å². The number of carbonyl (C=O) groups is 1. The van der Waals surface area contributed by atoms with Gasteiger partial charge in [-0.15, -0.1) is 0 Å². The van der Waals surface area contributed by atoms with Gasteiger partial charge in [-0.05, 0) is 30.0 Å². The lowest BCUT2D eigenvalue weighted by molar-refractivity contribution is 0.176. The van der Waals surface area contributed by atoms with Crippen LogP contribution in [0.5, 0.6) is 0 Å². The number of halogens is 1. The van der Waals surface area contributed by atoms with Gasteiger partial charge in [0.2, 0.25) is 0 Å². The van der Waals surface area contributed by atoms with E-state index in [1.165, 1.54) is 12.1 Å². The smallest absolute Gasteiger partial charge is 0.318 e. The van der Waals surface area contributed by atoms with E-state index in [4.69, 9.17) is 4.74 Å². The van der Waals surface area contributed by atoms with Crippen molar-refractivity contribution in [3.05, 3.63) is 35.6 Å². The Morgan fingerprint density at radius 1 is 1.55 bits per heavy atom. The minimum Gasteiger partial charge on any atom is -0.383 e. The first kappa shape index (κ1) is 14.8. The molecule has 0 aliphatic carbocycles. The number of methoxy groups -OCH3 is 1. The van der Waals surface area contributed by atoms with Gasteiger partial charge < -0.3 is 15.0 Å². The van der Waals surface area contributed by atoms with Gasteiger partial charge in [-0.25, -0.2) is 9.18 Å². The van der Waals surface area contributed by atoms with Crippen molar-refractivity contribution in [3.8, 4) is 0 Å². The highest BCUT2D eigenvalue weighted by atomic mass is 19.1. The van der Waals surface area contributed by atoms with Crippen molar-refractivity contribution >= 4 is 6.03 Å². The maximum absolute atomic E-state index is 13.4. The van der Waals surface area contributed by atoms with E-state index in [1.54, 1.807) is 18.1 Å². The van der Waals surface area contributed by atoms with Crippen LogP contribution in [0.25, 0.3) is 0 Å². The summed E-state index contributed by atoms with van der Waals surface area (Å²) in [5, 5.41) is 2.83. The van der Waals surface area contributed by atoms with E-state index in [2.05, 4.69) is 12.2 Å². The number of nitrogens with one attached hydrogen (secondary N) is 1. The third-order valence-corrected chi connectivity index (χ3v) is 3.59. The number of hydrogen-bond donors (Lipinski definition) is 1. The van der Waals surface area contributed by atoms with Gasteiger partial charge in [-0.3, -0.25) is 0 Å². The molecule has 0 aromatic heterocycles. The average molecular weight is 280 g/mol. The summed E-state index contributed by atoms with van der Waals surface area (Å²) in [5.74, 6) is 0.151. The topological polar surface area (TPSA) is 41.6 Å². The Balaban J connectivity index is 2.08. The molecule has 1 fully saturated rings. The van der Waals surface area contributed by atoms with E-state index in [-0.39, 0.29) is 17.9 Å². The molecule has 1 saturated heterocycles. The first-order valence-corrected chi connectivity index (χ1v) is 6.90. The number of rotatable bonds is 4. The molecule has 1 heterocycles. The first-order valence-electron chi connectivity index (χ1n) is 6.90. The molecule has 1 aliphatic heterocycles. The largest absolute Gasteiger partial charge is 0.383 e. The predicted octanol–water partition coefficient (Wildman–Crippen LogP) is 2.56. The Kier molecular flexibility index (Phi) is 4.95. The summed E-state index contributed by atoms with van der Waals surface area (Å²) in [5.41, 5.74) is 0.858. The SMILES string of the molecule is COCCNC(=O)N1C[C@H](C)C[C@H]1c1cccc(F)c1. The molecular formula is C15H21FN2O2. The summed E-state index contributed by atoms with van der Waals surface area (Å²) >= 11 is 0. The van der Waals surface area contributed by atoms with Crippen LogP contribution >= 0.6 is 0 Å². The van der Waals surface area contributed by atoms with Crippen LogP contribution in [0.1, 0.15) is 24.9 Å². The summed E-state index contributed by atoms with van der Waals surface area (Å²) in [7, 11) is 1.60. The van der Waals surface area contributed by atoms with Gasteiger partial charge in [-0.2, -0.15) is 0 Å². The summed E-state index contributed by atoms with van der Waals surface area (Å²) < 4.78 is 18.3. The molecule has 0 spiro atoms. The third-order valence-electron chi connectivity index (χ3n) is 3.59. The minimum atomic E-state index is -0.262. The monoisotopic (exact) mass is 280 g/mol. The number of hydrogen-bond acceptors (Lipinski definition) is 2. The van der Waals surface area contributed by atoms with Gasteiger partial charge >= 0.3 is 6.03 Å². The number of nitrogens with zero attached hydrogens (tertiary/aromatic N) is 1. The second kappa shape index (κ2) is 6.70. The van der Waals surface area contributed by atoms with E-state index < -0.39 is 0 Å². The molecule has 1 N–H and O–H groups in total. The van der Waals surface area contributed by atoms with Crippen LogP contribution in [0.15, 0.2) is 24.3 Å². The molecule has 110 valence electrons. The molecule has 0 bridgehead atoms. The highest BCUT2D eigenvalue weighted by Gasteiger charge is 2.34. The lowest BCUT2D eigenvalue weighted by Crippen LogP contribution is -2.41. The van der Waals surface area contributed by atoms with Crippen molar-refractivity contribution in [2.24, 2.45) is 5.92 Å². The van der Waals surface area contributed by atoms with Crippen LogP contribution in [0.4, 0.5) is 9.18 Å². The molecule has 1 aliphatic rings. The fourth-order valence-corrected chi connectivity index (χ4v) is 2.66. The van der Waals surface area contributed by atoms with E-state index in [9.17, 15) is 9.18 Å². The Morgan fingerprint density at radius 3 is 3.05 bits per heavy atom. The van der Waals surface area contributed by atoms with Gasteiger partial charge in [0.05, 0.1) is 12.6 Å². The zero-order valence-electron chi connectivity index (χ0n) is 11.9. The normalized spacial score (nSPS) is 22.1. The molecule has 2 amide bonds. The van der Waals surface area contributed by atoms with Crippen LogP contribution in [-0.2, 0) is 4.74 Å². The fourth-order valence-electron chi connectivity index (χ4n) is 2.66. The predicted molar refractivity (Wildman–Crippen MR) is 74.9 cm³/mol. The summed E-state index contributed by atoms with van der Waals surface area (Å²) in [6, 6.07) is 6.34. The number of likely N-dealkylation sites (tertiary alicyclic amines) is 1. The van der Waals surface area contributed by atoms with Crippen LogP contribution in [0, 0.1) is 11.7 Å². The number of benzene rings is 1. The van der Waals surface area contributed by atoms with Crippen molar-refractivity contribution in [1.29, 1.82) is 0 Å². The lowest BCUT2D eigenvalue weighted by atomic mass is 10.0. The van der Waals surface area contributed by atoms with Gasteiger partial charge in [0.1, 0.15) is 5.82 Å². The van der Waals surface area contributed by atoms with Crippen LogP contribution in [-0.4, -0.2) is 37.7 Å². The molecule has 5 heteroatoms. The zero-order valence-corrected chi connectivity index (χ0v) is 11.9. The van der Waals surface area contributed by atoms with Crippen molar-refractivity contribution < 1.29 is 13.9 Å². The van der Waals surface area contributed by atoms with E-state index in [1.807, 2.05) is 6.07 Å². The van der Waals surface area contributed by atoms with Crippen molar-refractivity contribution in [3.63, 3.8) is 0 Å². The standard InChI is InChI=1S/C15H21FN2O2/c1-11-8-14(12-4-3-5-13(16)9-12)18(10-11)15(19)17-6-7-20-2/h3-5,9,11,14H,6-8,10H2,1-2H3,(H,17,19)/t11-,14+/m1/s1. The minimum absolute atomic E-state index is 0.0526. The Hall–Kier alpha value is -1.62. The van der Waals surface area contributed by atoms with Gasteiger partial charge in [-0.1, -0.05) is 19.1 Å². The first-order chi connectivity index (χ1) is 9.61. The molecule has 20 heavy (non-hydrogen) atoms. The Bertz CT molecular complexity index is 467. The fraction of sp³-hybridized carbons (Fsp3) is 0.533. The molecule has 1 aromatic rings. The molecule has 2 rings (SSSR count). The maximum Gasteiger partial charge on any atom is 0.318 e. The van der Waals surface area contributed by atoms with Crippen molar-refractivity contribution in [2.75, 3.05) is 26.8 Å². The van der Waals surface area contributed by atoms with E-state index in [0.717, 1.165) is 12.0 Å². The maximum atomic E-state index is 13.4. The highest BCUT2D eigenvalue weighted by molar-refractivity contribution is 5.75. The number of amides is 2. The molecule has 2 atom stereocenters. The van der Waals surface area contributed by atoms with Crippen LogP contribution in [0.2, 0.25) is 0 Å². The summed E-state index contributed by atoms with van der Waals surface area (Å²) in [4.78, 5) is 14.0. The molecule has 1 aromatic carbocycles. The molecule has 0 unspecified atom stereocenters. The van der Waals surface area contributed by atoms with Crippen LogP contribution in [0.3, 0.4) is 0 Å². The number of ether oxygens (including phenoxy) is 1. The second-order valence-electron chi connectivity index (χ2n) is 5.29. The third kappa shape index (κ3) is 3.48. The second-order valence-corrected chi connectivity index (χ2v) is 5.29. The molecular weight excluding hydrogens is 259 g/mol. The Morgan fingerprint density at radius 2 is 2.35 bits per heavy atom. The van der Waals surface area contributed by atoms with Gasteiger partial charge in [0.15, 0.2) is 0 Å². The molecule has 0 radical (unpaired) electrons.